The lowest BCUT2D eigenvalue weighted by atomic mass is 9.86. The van der Waals surface area contributed by atoms with E-state index in [9.17, 15) is 4.79 Å². The number of benzene rings is 1. The lowest BCUT2D eigenvalue weighted by Gasteiger charge is -2.12. The van der Waals surface area contributed by atoms with Crippen LogP contribution in [0.4, 0.5) is 0 Å². The van der Waals surface area contributed by atoms with Crippen molar-refractivity contribution in [3.8, 4) is 6.07 Å². The smallest absolute Gasteiger partial charge is 0.144 e. The Balaban J connectivity index is 3.14. The summed E-state index contributed by atoms with van der Waals surface area (Å²) in [7, 11) is 0. The predicted octanol–water partition coefficient (Wildman–Crippen LogP) is 1.67. The molecule has 0 aliphatic heterocycles. The summed E-state index contributed by atoms with van der Waals surface area (Å²) >= 11 is 0. The molecule has 2 nitrogen and oxygen atoms in total. The lowest BCUT2D eigenvalue weighted by Crippen LogP contribution is -2.20. The predicted molar refractivity (Wildman–Crippen MR) is 45.5 cm³/mol. The summed E-state index contributed by atoms with van der Waals surface area (Å²) in [5, 5.41) is 8.76. The summed E-state index contributed by atoms with van der Waals surface area (Å²) in [5.74, 6) is 0. The molecule has 2 heteroatoms. The van der Waals surface area contributed by atoms with Crippen LogP contribution in [0.1, 0.15) is 12.5 Å². The van der Waals surface area contributed by atoms with Crippen LogP contribution in [0.3, 0.4) is 0 Å². The molecule has 1 rings (SSSR count). The first-order chi connectivity index (χ1) is 5.73. The van der Waals surface area contributed by atoms with E-state index in [1.807, 2.05) is 24.3 Å². The largest absolute Gasteiger partial charge is 0.301 e. The average Bonchev–Trinajstić information content (AvgIpc) is 2.18. The Morgan fingerprint density at radius 2 is 2.00 bits per heavy atom. The third kappa shape index (κ3) is 1.35. The lowest BCUT2D eigenvalue weighted by molar-refractivity contribution is -0.110. The van der Waals surface area contributed by atoms with Crippen LogP contribution in [-0.2, 0) is 10.2 Å². The summed E-state index contributed by atoms with van der Waals surface area (Å²) in [4.78, 5) is 10.6. The molecule has 0 saturated carbocycles. The van der Waals surface area contributed by atoms with Gasteiger partial charge in [0.05, 0.1) is 6.07 Å². The number of carbonyl (C=O) groups excluding carboxylic acids is 1. The summed E-state index contributed by atoms with van der Waals surface area (Å²) in [5.41, 5.74) is -0.260. The molecular formula is C10H9NO. The normalized spacial score (nSPS) is 14.3. The number of hydrogen-bond donors (Lipinski definition) is 0. The second-order valence-electron chi connectivity index (χ2n) is 2.80. The fourth-order valence-corrected chi connectivity index (χ4v) is 0.943. The van der Waals surface area contributed by atoms with Crippen molar-refractivity contribution in [3.63, 3.8) is 0 Å². The summed E-state index contributed by atoms with van der Waals surface area (Å²) in [6.45, 7) is 1.61. The Hall–Kier alpha value is -1.62. The van der Waals surface area contributed by atoms with E-state index in [0.29, 0.717) is 6.29 Å². The topological polar surface area (TPSA) is 40.9 Å². The average molecular weight is 159 g/mol. The van der Waals surface area contributed by atoms with Crippen LogP contribution in [0.2, 0.25) is 0 Å². The Morgan fingerprint density at radius 3 is 2.42 bits per heavy atom. The second-order valence-corrected chi connectivity index (χ2v) is 2.80. The Bertz CT molecular complexity index is 312. The minimum absolute atomic E-state index is 0.669. The van der Waals surface area contributed by atoms with Crippen molar-refractivity contribution >= 4 is 6.29 Å². The molecule has 0 fully saturated rings. The molecule has 0 aliphatic rings. The molecule has 0 aliphatic carbocycles. The maximum atomic E-state index is 10.6. The number of carbonyl (C=O) groups is 1. The van der Waals surface area contributed by atoms with Crippen molar-refractivity contribution in [2.24, 2.45) is 0 Å². The van der Waals surface area contributed by atoms with Gasteiger partial charge < -0.3 is 4.79 Å². The van der Waals surface area contributed by atoms with Gasteiger partial charge in [0.2, 0.25) is 0 Å². The van der Waals surface area contributed by atoms with Gasteiger partial charge in [-0.15, -0.1) is 0 Å². The Labute approximate surface area is 71.4 Å². The summed E-state index contributed by atoms with van der Waals surface area (Å²) in [6, 6.07) is 11.0. The van der Waals surface area contributed by atoms with Crippen molar-refractivity contribution in [2.75, 3.05) is 0 Å². The van der Waals surface area contributed by atoms with Crippen LogP contribution < -0.4 is 0 Å². The van der Waals surface area contributed by atoms with E-state index < -0.39 is 5.41 Å². The van der Waals surface area contributed by atoms with E-state index >= 15 is 0 Å². The first kappa shape index (κ1) is 8.48. The van der Waals surface area contributed by atoms with Crippen molar-refractivity contribution in [1.82, 2.24) is 0 Å². The molecule has 0 bridgehead atoms. The SMILES string of the molecule is C[C@@](C#N)(C=O)c1ccccc1. The van der Waals surface area contributed by atoms with E-state index in [1.54, 1.807) is 19.1 Å². The molecule has 0 heterocycles. The number of nitriles is 1. The second kappa shape index (κ2) is 3.19. The standard InChI is InChI=1S/C10H9NO/c1-10(7-11,8-12)9-5-3-2-4-6-9/h2-6,8H,1H3/t10-/m1/s1. The van der Waals surface area contributed by atoms with Gasteiger partial charge >= 0.3 is 0 Å². The van der Waals surface area contributed by atoms with Gasteiger partial charge in [-0.25, -0.2) is 0 Å². The maximum absolute atomic E-state index is 10.6. The van der Waals surface area contributed by atoms with Gasteiger partial charge in [-0.05, 0) is 12.5 Å². The molecule has 12 heavy (non-hydrogen) atoms. The third-order valence-electron chi connectivity index (χ3n) is 1.84. The van der Waals surface area contributed by atoms with Crippen molar-refractivity contribution in [1.29, 1.82) is 5.26 Å². The fraction of sp³-hybridized carbons (Fsp3) is 0.200. The van der Waals surface area contributed by atoms with E-state index in [1.165, 1.54) is 0 Å². The minimum atomic E-state index is -0.999. The molecule has 0 amide bonds. The van der Waals surface area contributed by atoms with E-state index in [4.69, 9.17) is 5.26 Å². The molecule has 0 unspecified atom stereocenters. The zero-order valence-electron chi connectivity index (χ0n) is 6.82. The number of hydrogen-bond acceptors (Lipinski definition) is 2. The van der Waals surface area contributed by atoms with Crippen LogP contribution in [-0.4, -0.2) is 6.29 Å². The van der Waals surface area contributed by atoms with Crippen molar-refractivity contribution in [3.05, 3.63) is 35.9 Å². The number of rotatable bonds is 2. The molecule has 0 radical (unpaired) electrons. The van der Waals surface area contributed by atoms with Gasteiger partial charge in [0.25, 0.3) is 0 Å². The molecule has 60 valence electrons. The highest BCUT2D eigenvalue weighted by Gasteiger charge is 2.24. The molecule has 0 spiro atoms. The Morgan fingerprint density at radius 1 is 1.42 bits per heavy atom. The van der Waals surface area contributed by atoms with E-state index in [2.05, 4.69) is 0 Å². The minimum Gasteiger partial charge on any atom is -0.301 e. The monoisotopic (exact) mass is 159 g/mol. The van der Waals surface area contributed by atoms with Gasteiger partial charge in [-0.1, -0.05) is 30.3 Å². The zero-order valence-corrected chi connectivity index (χ0v) is 6.82. The highest BCUT2D eigenvalue weighted by Crippen LogP contribution is 2.19. The Kier molecular flexibility index (Phi) is 2.25. The highest BCUT2D eigenvalue weighted by atomic mass is 16.1. The third-order valence-corrected chi connectivity index (χ3v) is 1.84. The van der Waals surface area contributed by atoms with E-state index in [-0.39, 0.29) is 0 Å². The van der Waals surface area contributed by atoms with Gasteiger partial charge in [0, 0.05) is 0 Å². The molecule has 1 atom stereocenters. The fourth-order valence-electron chi connectivity index (χ4n) is 0.943. The van der Waals surface area contributed by atoms with Gasteiger partial charge in [-0.2, -0.15) is 5.26 Å². The van der Waals surface area contributed by atoms with Crippen LogP contribution in [0.15, 0.2) is 30.3 Å². The zero-order chi connectivity index (χ0) is 9.03. The van der Waals surface area contributed by atoms with Crippen LogP contribution in [0.5, 0.6) is 0 Å². The number of aldehydes is 1. The van der Waals surface area contributed by atoms with Crippen LogP contribution >= 0.6 is 0 Å². The highest BCUT2D eigenvalue weighted by molar-refractivity contribution is 5.72. The van der Waals surface area contributed by atoms with Crippen molar-refractivity contribution < 1.29 is 4.79 Å². The van der Waals surface area contributed by atoms with Gasteiger partial charge in [0.15, 0.2) is 0 Å². The molecule has 1 aromatic carbocycles. The summed E-state index contributed by atoms with van der Waals surface area (Å²) in [6.07, 6.45) is 0.669. The first-order valence-corrected chi connectivity index (χ1v) is 3.66. The molecule has 0 saturated heterocycles. The quantitative estimate of drug-likeness (QED) is 0.616. The van der Waals surface area contributed by atoms with Crippen LogP contribution in [0, 0.1) is 11.3 Å². The molecule has 1 aromatic rings. The maximum Gasteiger partial charge on any atom is 0.144 e. The first-order valence-electron chi connectivity index (χ1n) is 3.66. The number of nitrogens with zero attached hydrogens (tertiary/aromatic N) is 1. The van der Waals surface area contributed by atoms with Crippen molar-refractivity contribution in [2.45, 2.75) is 12.3 Å². The summed E-state index contributed by atoms with van der Waals surface area (Å²) < 4.78 is 0. The molecular weight excluding hydrogens is 150 g/mol. The molecule has 0 N–H and O–H groups in total. The van der Waals surface area contributed by atoms with Crippen LogP contribution in [0.25, 0.3) is 0 Å². The van der Waals surface area contributed by atoms with E-state index in [0.717, 1.165) is 5.56 Å². The van der Waals surface area contributed by atoms with Gasteiger partial charge in [0.1, 0.15) is 11.7 Å². The van der Waals surface area contributed by atoms with Gasteiger partial charge in [-0.3, -0.25) is 0 Å². The molecule has 0 aromatic heterocycles.